The number of rotatable bonds is 8. The van der Waals surface area contributed by atoms with E-state index in [4.69, 9.17) is 0 Å². The first kappa shape index (κ1) is 21.6. The maximum absolute atomic E-state index is 13.9. The van der Waals surface area contributed by atoms with Crippen molar-refractivity contribution in [3.8, 4) is 0 Å². The number of halogens is 2. The van der Waals surface area contributed by atoms with Crippen LogP contribution in [0.15, 0.2) is 18.2 Å². The van der Waals surface area contributed by atoms with E-state index in [2.05, 4.69) is 31.1 Å². The van der Waals surface area contributed by atoms with Crippen LogP contribution in [0, 0.1) is 23.5 Å². The molecule has 2 rings (SSSR count). The topological polar surface area (TPSA) is 55.8 Å². The zero-order valence-corrected chi connectivity index (χ0v) is 16.4. The van der Waals surface area contributed by atoms with E-state index in [0.29, 0.717) is 6.54 Å². The zero-order chi connectivity index (χ0) is 20.0. The smallest absolute Gasteiger partial charge is 0.322 e. The molecule has 1 aromatic carbocycles. The summed E-state index contributed by atoms with van der Waals surface area (Å²) in [6.45, 7) is 6.40. The van der Waals surface area contributed by atoms with E-state index in [1.165, 1.54) is 6.07 Å². The molecule has 1 fully saturated rings. The van der Waals surface area contributed by atoms with E-state index in [0.717, 1.165) is 44.5 Å². The molecule has 0 bridgehead atoms. The molecule has 3 atom stereocenters. The lowest BCUT2D eigenvalue weighted by Crippen LogP contribution is -2.45. The fourth-order valence-electron chi connectivity index (χ4n) is 3.90. The van der Waals surface area contributed by atoms with Gasteiger partial charge >= 0.3 is 6.03 Å². The molecule has 0 spiro atoms. The number of nitrogens with zero attached hydrogens (tertiary/aromatic N) is 2. The molecule has 152 valence electrons. The number of unbranched alkanes of at least 4 members (excludes halogenated alkanes) is 1. The lowest BCUT2D eigenvalue weighted by atomic mass is 9.88. The van der Waals surface area contributed by atoms with Crippen LogP contribution in [-0.2, 0) is 0 Å². The summed E-state index contributed by atoms with van der Waals surface area (Å²) in [5.41, 5.74) is -0.0605. The third kappa shape index (κ3) is 5.39. The molecule has 1 aliphatic heterocycles. The molecular formula is C20H31F2N3O2. The molecule has 0 aromatic heterocycles. The van der Waals surface area contributed by atoms with E-state index in [1.807, 2.05) is 0 Å². The van der Waals surface area contributed by atoms with E-state index >= 15 is 0 Å². The van der Waals surface area contributed by atoms with Crippen LogP contribution < -0.4 is 5.32 Å². The van der Waals surface area contributed by atoms with Crippen LogP contribution in [0.4, 0.5) is 19.3 Å². The first-order chi connectivity index (χ1) is 12.9. The Kier molecular flexibility index (Phi) is 7.98. The predicted molar refractivity (Wildman–Crippen MR) is 103 cm³/mol. The highest BCUT2D eigenvalue weighted by molar-refractivity contribution is 5.90. The summed E-state index contributed by atoms with van der Waals surface area (Å²) in [4.78, 5) is 16.6. The van der Waals surface area contributed by atoms with Crippen LogP contribution in [0.3, 0.4) is 0 Å². The maximum Gasteiger partial charge on any atom is 0.322 e. The van der Waals surface area contributed by atoms with Gasteiger partial charge < -0.3 is 20.2 Å². The van der Waals surface area contributed by atoms with Crippen LogP contribution in [0.25, 0.3) is 0 Å². The number of amides is 2. The third-order valence-corrected chi connectivity index (χ3v) is 5.49. The number of nitrogens with one attached hydrogen (secondary N) is 1. The number of carbonyl (C=O) groups excluding carboxylic acids is 1. The molecule has 0 radical (unpaired) electrons. The predicted octanol–water partition coefficient (Wildman–Crippen LogP) is 3.55. The van der Waals surface area contributed by atoms with Crippen molar-refractivity contribution in [2.24, 2.45) is 11.8 Å². The Labute approximate surface area is 160 Å². The van der Waals surface area contributed by atoms with Gasteiger partial charge in [-0.25, -0.2) is 13.6 Å². The second kappa shape index (κ2) is 9.99. The van der Waals surface area contributed by atoms with Crippen molar-refractivity contribution in [3.05, 3.63) is 29.8 Å². The number of anilines is 1. The van der Waals surface area contributed by atoms with Crippen LogP contribution in [0.2, 0.25) is 0 Å². The van der Waals surface area contributed by atoms with Crippen molar-refractivity contribution in [2.45, 2.75) is 39.2 Å². The SMILES string of the molecule is CCCCN(C)C[C@@H]1[C@H](CC)CN(C(=O)Nc2ccc(F)cc2F)[C@@H]1CO. The van der Waals surface area contributed by atoms with Gasteiger partial charge in [0.1, 0.15) is 11.6 Å². The molecule has 1 saturated heterocycles. The van der Waals surface area contributed by atoms with Crippen molar-refractivity contribution in [2.75, 3.05) is 38.6 Å². The van der Waals surface area contributed by atoms with Gasteiger partial charge in [0, 0.05) is 19.2 Å². The number of aliphatic hydroxyl groups is 1. The molecule has 0 saturated carbocycles. The highest BCUT2D eigenvalue weighted by atomic mass is 19.1. The van der Waals surface area contributed by atoms with E-state index in [-0.39, 0.29) is 30.2 Å². The Hall–Kier alpha value is -1.73. The average Bonchev–Trinajstić information content (AvgIpc) is 2.99. The molecule has 1 heterocycles. The molecular weight excluding hydrogens is 352 g/mol. The van der Waals surface area contributed by atoms with Crippen molar-refractivity contribution < 1.29 is 18.7 Å². The fraction of sp³-hybridized carbons (Fsp3) is 0.650. The molecule has 1 aliphatic rings. The van der Waals surface area contributed by atoms with Crippen LogP contribution >= 0.6 is 0 Å². The van der Waals surface area contributed by atoms with E-state index < -0.39 is 17.7 Å². The third-order valence-electron chi connectivity index (χ3n) is 5.49. The molecule has 2 N–H and O–H groups in total. The maximum atomic E-state index is 13.9. The number of hydrogen-bond donors (Lipinski definition) is 2. The second-order valence-corrected chi connectivity index (χ2v) is 7.40. The summed E-state index contributed by atoms with van der Waals surface area (Å²) in [5.74, 6) is -1.08. The first-order valence-corrected chi connectivity index (χ1v) is 9.73. The number of likely N-dealkylation sites (tertiary alicyclic amines) is 1. The van der Waals surface area contributed by atoms with Gasteiger partial charge in [0.2, 0.25) is 0 Å². The normalized spacial score (nSPS) is 22.5. The van der Waals surface area contributed by atoms with Crippen molar-refractivity contribution in [1.29, 1.82) is 0 Å². The molecule has 5 nitrogen and oxygen atoms in total. The summed E-state index contributed by atoms with van der Waals surface area (Å²) in [6.07, 6.45) is 3.13. The van der Waals surface area contributed by atoms with Crippen LogP contribution in [0.1, 0.15) is 33.1 Å². The Balaban J connectivity index is 2.10. The van der Waals surface area contributed by atoms with Gasteiger partial charge in [0.15, 0.2) is 0 Å². The lowest BCUT2D eigenvalue weighted by Gasteiger charge is -2.30. The standard InChI is InChI=1S/C20H31F2N3O2/c1-4-6-9-24(3)12-16-14(5-2)11-25(19(16)13-26)20(27)23-18-8-7-15(21)10-17(18)22/h7-8,10,14,16,19,26H,4-6,9,11-13H2,1-3H3,(H,23,27)/t14-,16-,19-/m1/s1. The van der Waals surface area contributed by atoms with E-state index in [9.17, 15) is 18.7 Å². The Morgan fingerprint density at radius 1 is 1.37 bits per heavy atom. The molecule has 7 heteroatoms. The van der Waals surface area contributed by atoms with Gasteiger partial charge in [-0.1, -0.05) is 26.7 Å². The lowest BCUT2D eigenvalue weighted by molar-refractivity contribution is 0.130. The fourth-order valence-corrected chi connectivity index (χ4v) is 3.90. The first-order valence-electron chi connectivity index (χ1n) is 9.73. The van der Waals surface area contributed by atoms with Gasteiger partial charge in [0.05, 0.1) is 18.3 Å². The van der Waals surface area contributed by atoms with E-state index in [1.54, 1.807) is 4.90 Å². The van der Waals surface area contributed by atoms with Crippen molar-refractivity contribution in [3.63, 3.8) is 0 Å². The monoisotopic (exact) mass is 383 g/mol. The van der Waals surface area contributed by atoms with Gasteiger partial charge in [-0.3, -0.25) is 0 Å². The molecule has 2 amide bonds. The largest absolute Gasteiger partial charge is 0.394 e. The molecule has 0 aliphatic carbocycles. The van der Waals surface area contributed by atoms with Gasteiger partial charge in [-0.15, -0.1) is 0 Å². The summed E-state index contributed by atoms with van der Waals surface area (Å²) in [7, 11) is 2.06. The Morgan fingerprint density at radius 2 is 2.11 bits per heavy atom. The molecule has 27 heavy (non-hydrogen) atoms. The zero-order valence-electron chi connectivity index (χ0n) is 16.4. The number of benzene rings is 1. The number of hydrogen-bond acceptors (Lipinski definition) is 3. The number of carbonyl (C=O) groups is 1. The Bertz CT molecular complexity index is 629. The Morgan fingerprint density at radius 3 is 2.70 bits per heavy atom. The van der Waals surface area contributed by atoms with Gasteiger partial charge in [-0.2, -0.15) is 0 Å². The number of aliphatic hydroxyl groups excluding tert-OH is 1. The minimum atomic E-state index is -0.814. The molecule has 0 unspecified atom stereocenters. The minimum Gasteiger partial charge on any atom is -0.394 e. The summed E-state index contributed by atoms with van der Waals surface area (Å²) >= 11 is 0. The van der Waals surface area contributed by atoms with Gasteiger partial charge in [-0.05, 0) is 44.0 Å². The number of urea groups is 1. The van der Waals surface area contributed by atoms with Crippen LogP contribution in [-0.4, -0.2) is 60.3 Å². The summed E-state index contributed by atoms with van der Waals surface area (Å²) < 4.78 is 26.9. The molecule has 1 aromatic rings. The van der Waals surface area contributed by atoms with Gasteiger partial charge in [0.25, 0.3) is 0 Å². The van der Waals surface area contributed by atoms with Crippen LogP contribution in [0.5, 0.6) is 0 Å². The highest BCUT2D eigenvalue weighted by Gasteiger charge is 2.43. The minimum absolute atomic E-state index is 0.0605. The van der Waals surface area contributed by atoms with Crippen molar-refractivity contribution in [1.82, 2.24) is 9.80 Å². The summed E-state index contributed by atoms with van der Waals surface area (Å²) in [5, 5.41) is 12.5. The summed E-state index contributed by atoms with van der Waals surface area (Å²) in [6, 6.07) is 2.27. The second-order valence-electron chi connectivity index (χ2n) is 7.40. The highest BCUT2D eigenvalue weighted by Crippen LogP contribution is 2.33. The van der Waals surface area contributed by atoms with Crippen molar-refractivity contribution >= 4 is 11.7 Å². The quantitative estimate of drug-likeness (QED) is 0.722. The average molecular weight is 383 g/mol.